The second-order valence-corrected chi connectivity index (χ2v) is 6.60. The quantitative estimate of drug-likeness (QED) is 0.215. The molecule has 0 aromatic heterocycles. The molecular weight excluding hydrogens is 272 g/mol. The molecule has 1 fully saturated rings. The first-order valence-electron chi connectivity index (χ1n) is 6.05. The van der Waals surface area contributed by atoms with Crippen LogP contribution in [0.4, 0.5) is 0 Å². The fourth-order valence-corrected chi connectivity index (χ4v) is 2.82. The summed E-state index contributed by atoms with van der Waals surface area (Å²) >= 11 is 0. The zero-order chi connectivity index (χ0) is 14.5. The molecule has 0 aliphatic heterocycles. The second kappa shape index (κ2) is 6.20. The van der Waals surface area contributed by atoms with Gasteiger partial charge in [-0.05, 0) is 19.9 Å². The predicted molar refractivity (Wildman–Crippen MR) is 70.2 cm³/mol. The summed E-state index contributed by atoms with van der Waals surface area (Å²) in [4.78, 5) is 12.1. The fourth-order valence-electron chi connectivity index (χ4n) is 2.24. The molecule has 0 bridgehead atoms. The number of amidine groups is 1. The van der Waals surface area contributed by atoms with Crippen LogP contribution in [0, 0.1) is 5.41 Å². The summed E-state index contributed by atoms with van der Waals surface area (Å²) in [7, 11) is -2.05. The Balaban J connectivity index is 2.65. The summed E-state index contributed by atoms with van der Waals surface area (Å²) < 4.78 is 24.6. The summed E-state index contributed by atoms with van der Waals surface area (Å²) in [6, 6.07) is 0. The van der Waals surface area contributed by atoms with Crippen molar-refractivity contribution >= 4 is 21.8 Å². The molecule has 0 aromatic carbocycles. The normalized spacial score (nSPS) is 19.3. The van der Waals surface area contributed by atoms with Crippen LogP contribution in [0.3, 0.4) is 0 Å². The van der Waals surface area contributed by atoms with E-state index in [9.17, 15) is 13.2 Å². The van der Waals surface area contributed by atoms with Gasteiger partial charge in [0.25, 0.3) is 0 Å². The molecule has 0 spiro atoms. The Kier molecular flexibility index (Phi) is 5.12. The van der Waals surface area contributed by atoms with Crippen LogP contribution in [-0.4, -0.2) is 44.7 Å². The number of oxime groups is 1. The van der Waals surface area contributed by atoms with Crippen LogP contribution in [0.25, 0.3) is 0 Å². The van der Waals surface area contributed by atoms with Crippen molar-refractivity contribution in [1.29, 1.82) is 0 Å². The minimum atomic E-state index is -3.36. The molecular formula is C10H20N4O4S. The number of hydrogen-bond donors (Lipinski definition) is 4. The van der Waals surface area contributed by atoms with Crippen LogP contribution in [0.2, 0.25) is 0 Å². The number of nitrogens with two attached hydrogens (primary N) is 1. The lowest BCUT2D eigenvalue weighted by atomic mass is 9.84. The number of nitrogens with zero attached hydrogens (tertiary/aromatic N) is 1. The number of nitrogens with one attached hydrogen (secondary N) is 2. The highest BCUT2D eigenvalue weighted by molar-refractivity contribution is 7.89. The van der Waals surface area contributed by atoms with Gasteiger partial charge in [0.15, 0.2) is 5.84 Å². The molecule has 0 saturated heterocycles. The van der Waals surface area contributed by atoms with Crippen molar-refractivity contribution in [3.63, 3.8) is 0 Å². The molecule has 110 valence electrons. The average Bonchev–Trinajstić information content (AvgIpc) is 2.88. The lowest BCUT2D eigenvalue weighted by Crippen LogP contribution is -2.49. The van der Waals surface area contributed by atoms with Crippen LogP contribution in [0.5, 0.6) is 0 Å². The van der Waals surface area contributed by atoms with Crippen LogP contribution in [0.1, 0.15) is 25.7 Å². The number of sulfonamides is 1. The van der Waals surface area contributed by atoms with Crippen LogP contribution >= 0.6 is 0 Å². The minimum absolute atomic E-state index is 0.0114. The van der Waals surface area contributed by atoms with Gasteiger partial charge in [-0.15, -0.1) is 0 Å². The Morgan fingerprint density at radius 3 is 2.47 bits per heavy atom. The van der Waals surface area contributed by atoms with Gasteiger partial charge in [0.05, 0.1) is 5.75 Å². The maximum Gasteiger partial charge on any atom is 0.233 e. The molecule has 5 N–H and O–H groups in total. The van der Waals surface area contributed by atoms with Crippen molar-refractivity contribution < 1.29 is 18.4 Å². The Bertz CT molecular complexity index is 454. The largest absolute Gasteiger partial charge is 0.409 e. The Hall–Kier alpha value is -1.35. The monoisotopic (exact) mass is 292 g/mol. The van der Waals surface area contributed by atoms with Crippen LogP contribution in [-0.2, 0) is 14.8 Å². The standard InChI is InChI=1S/C10H20N4O4S/c1-12-19(17,18)7-6-13-9(15)10(8(11)14-16)4-2-3-5-10/h12,16H,2-7H2,1H3,(H2,11,14)(H,13,15). The molecule has 9 heteroatoms. The molecule has 1 aliphatic rings. The number of rotatable bonds is 6. The van der Waals surface area contributed by atoms with Crippen LogP contribution in [0.15, 0.2) is 5.16 Å². The maximum atomic E-state index is 12.1. The van der Waals surface area contributed by atoms with Crippen molar-refractivity contribution in [2.75, 3.05) is 19.3 Å². The van der Waals surface area contributed by atoms with E-state index in [1.165, 1.54) is 7.05 Å². The Labute approximate surface area is 112 Å². The molecule has 1 aliphatic carbocycles. The number of amides is 1. The van der Waals surface area contributed by atoms with E-state index in [0.717, 1.165) is 12.8 Å². The van der Waals surface area contributed by atoms with Crippen molar-refractivity contribution in [2.24, 2.45) is 16.3 Å². The fraction of sp³-hybridized carbons (Fsp3) is 0.800. The van der Waals surface area contributed by atoms with E-state index in [4.69, 9.17) is 10.9 Å². The van der Waals surface area contributed by atoms with Gasteiger partial charge in [-0.3, -0.25) is 4.79 Å². The second-order valence-electron chi connectivity index (χ2n) is 4.55. The molecule has 8 nitrogen and oxygen atoms in total. The summed E-state index contributed by atoms with van der Waals surface area (Å²) in [5, 5.41) is 14.3. The summed E-state index contributed by atoms with van der Waals surface area (Å²) in [5.41, 5.74) is 4.60. The Morgan fingerprint density at radius 2 is 2.00 bits per heavy atom. The third-order valence-electron chi connectivity index (χ3n) is 3.46. The topological polar surface area (TPSA) is 134 Å². The molecule has 19 heavy (non-hydrogen) atoms. The molecule has 1 rings (SSSR count). The predicted octanol–water partition coefficient (Wildman–Crippen LogP) is -1.04. The third-order valence-corrected chi connectivity index (χ3v) is 4.82. The van der Waals surface area contributed by atoms with Crippen LogP contribution < -0.4 is 15.8 Å². The molecule has 0 aromatic rings. The molecule has 0 atom stereocenters. The van der Waals surface area contributed by atoms with Crippen molar-refractivity contribution in [3.05, 3.63) is 0 Å². The van der Waals surface area contributed by atoms with Gasteiger partial charge < -0.3 is 16.3 Å². The van der Waals surface area contributed by atoms with Gasteiger partial charge in [0.1, 0.15) is 5.41 Å². The number of carbonyl (C=O) groups is 1. The first kappa shape index (κ1) is 15.7. The van der Waals surface area contributed by atoms with Gasteiger partial charge in [0.2, 0.25) is 15.9 Å². The number of carbonyl (C=O) groups excluding carboxylic acids is 1. The molecule has 0 heterocycles. The first-order chi connectivity index (χ1) is 8.88. The van der Waals surface area contributed by atoms with Gasteiger partial charge in [-0.25, -0.2) is 13.1 Å². The zero-order valence-electron chi connectivity index (χ0n) is 10.8. The van der Waals surface area contributed by atoms with Crippen molar-refractivity contribution in [2.45, 2.75) is 25.7 Å². The summed E-state index contributed by atoms with van der Waals surface area (Å²) in [6.07, 6.45) is 2.65. The first-order valence-corrected chi connectivity index (χ1v) is 7.71. The highest BCUT2D eigenvalue weighted by Crippen LogP contribution is 2.38. The minimum Gasteiger partial charge on any atom is -0.409 e. The van der Waals surface area contributed by atoms with E-state index >= 15 is 0 Å². The van der Waals surface area contributed by atoms with Crippen molar-refractivity contribution in [1.82, 2.24) is 10.0 Å². The van der Waals surface area contributed by atoms with E-state index in [-0.39, 0.29) is 24.0 Å². The Morgan fingerprint density at radius 1 is 1.42 bits per heavy atom. The van der Waals surface area contributed by atoms with E-state index < -0.39 is 15.4 Å². The van der Waals surface area contributed by atoms with E-state index in [1.807, 2.05) is 0 Å². The lowest BCUT2D eigenvalue weighted by molar-refractivity contribution is -0.127. The van der Waals surface area contributed by atoms with Gasteiger partial charge >= 0.3 is 0 Å². The number of hydrogen-bond acceptors (Lipinski definition) is 5. The lowest BCUT2D eigenvalue weighted by Gasteiger charge is -2.25. The summed E-state index contributed by atoms with van der Waals surface area (Å²) in [6.45, 7) is -0.0114. The average molecular weight is 292 g/mol. The smallest absolute Gasteiger partial charge is 0.233 e. The highest BCUT2D eigenvalue weighted by Gasteiger charge is 2.45. The van der Waals surface area contributed by atoms with E-state index in [1.54, 1.807) is 0 Å². The molecule has 1 saturated carbocycles. The van der Waals surface area contributed by atoms with Crippen molar-refractivity contribution in [3.8, 4) is 0 Å². The molecule has 0 unspecified atom stereocenters. The molecule has 0 radical (unpaired) electrons. The SMILES string of the molecule is CNS(=O)(=O)CCNC(=O)C1(C(N)=NO)CCCC1. The van der Waals surface area contributed by atoms with E-state index in [2.05, 4.69) is 15.2 Å². The highest BCUT2D eigenvalue weighted by atomic mass is 32.2. The van der Waals surface area contributed by atoms with Gasteiger partial charge in [-0.2, -0.15) is 0 Å². The third kappa shape index (κ3) is 3.57. The summed E-state index contributed by atoms with van der Waals surface area (Å²) in [5.74, 6) is -0.702. The van der Waals surface area contributed by atoms with Gasteiger partial charge in [0, 0.05) is 6.54 Å². The van der Waals surface area contributed by atoms with E-state index in [0.29, 0.717) is 12.8 Å². The molecule has 1 amide bonds. The van der Waals surface area contributed by atoms with Gasteiger partial charge in [-0.1, -0.05) is 18.0 Å². The zero-order valence-corrected chi connectivity index (χ0v) is 11.7. The maximum absolute atomic E-state index is 12.1.